The van der Waals surface area contributed by atoms with Gasteiger partial charge in [-0.3, -0.25) is 4.79 Å². The number of hydrogen-bond acceptors (Lipinski definition) is 4. The van der Waals surface area contributed by atoms with E-state index in [2.05, 4.69) is 15.3 Å². The first-order chi connectivity index (χ1) is 6.17. The SMILES string of the molecule is CNC(=O)c1nc(C)cc(OC)n1. The van der Waals surface area contributed by atoms with E-state index in [9.17, 15) is 4.79 Å². The van der Waals surface area contributed by atoms with Crippen molar-refractivity contribution in [3.8, 4) is 5.88 Å². The van der Waals surface area contributed by atoms with E-state index in [0.29, 0.717) is 11.6 Å². The third-order valence-electron chi connectivity index (χ3n) is 1.47. The predicted molar refractivity (Wildman–Crippen MR) is 46.7 cm³/mol. The zero-order valence-electron chi connectivity index (χ0n) is 7.79. The van der Waals surface area contributed by atoms with Gasteiger partial charge >= 0.3 is 0 Å². The van der Waals surface area contributed by atoms with Crippen LogP contribution in [-0.4, -0.2) is 30.0 Å². The molecule has 0 fully saturated rings. The van der Waals surface area contributed by atoms with Gasteiger partial charge in [-0.25, -0.2) is 4.98 Å². The summed E-state index contributed by atoms with van der Waals surface area (Å²) in [5.74, 6) is 0.201. The van der Waals surface area contributed by atoms with Crippen LogP contribution in [0.5, 0.6) is 5.88 Å². The summed E-state index contributed by atoms with van der Waals surface area (Å²) in [6.45, 7) is 1.77. The first kappa shape index (κ1) is 9.44. The van der Waals surface area contributed by atoms with Gasteiger partial charge in [0.25, 0.3) is 5.91 Å². The molecule has 70 valence electrons. The van der Waals surface area contributed by atoms with E-state index in [1.807, 2.05) is 0 Å². The molecule has 1 N–H and O–H groups in total. The number of aryl methyl sites for hydroxylation is 1. The van der Waals surface area contributed by atoms with Gasteiger partial charge in [-0.15, -0.1) is 0 Å². The minimum absolute atomic E-state index is 0.124. The molecule has 1 amide bonds. The van der Waals surface area contributed by atoms with E-state index >= 15 is 0 Å². The van der Waals surface area contributed by atoms with Crippen molar-refractivity contribution in [3.63, 3.8) is 0 Å². The molecule has 0 bridgehead atoms. The Morgan fingerprint density at radius 1 is 1.54 bits per heavy atom. The number of rotatable bonds is 2. The van der Waals surface area contributed by atoms with Gasteiger partial charge in [0.05, 0.1) is 7.11 Å². The summed E-state index contributed by atoms with van der Waals surface area (Å²) in [7, 11) is 3.02. The van der Waals surface area contributed by atoms with Gasteiger partial charge in [0.2, 0.25) is 11.7 Å². The fraction of sp³-hybridized carbons (Fsp3) is 0.375. The fourth-order valence-electron chi connectivity index (χ4n) is 0.858. The molecule has 1 heterocycles. The molecule has 1 rings (SSSR count). The Hall–Kier alpha value is -1.65. The molecule has 0 aromatic carbocycles. The van der Waals surface area contributed by atoms with Gasteiger partial charge < -0.3 is 10.1 Å². The van der Waals surface area contributed by atoms with Gasteiger partial charge in [0.1, 0.15) is 0 Å². The largest absolute Gasteiger partial charge is 0.481 e. The Bertz CT molecular complexity index is 325. The monoisotopic (exact) mass is 181 g/mol. The topological polar surface area (TPSA) is 64.1 Å². The predicted octanol–water partition coefficient (Wildman–Crippen LogP) is 0.153. The number of carbonyl (C=O) groups is 1. The number of carbonyl (C=O) groups excluding carboxylic acids is 1. The Morgan fingerprint density at radius 3 is 2.77 bits per heavy atom. The summed E-state index contributed by atoms with van der Waals surface area (Å²) in [4.78, 5) is 19.0. The highest BCUT2D eigenvalue weighted by Gasteiger charge is 2.08. The van der Waals surface area contributed by atoms with E-state index in [-0.39, 0.29) is 11.7 Å². The molecule has 0 saturated carbocycles. The van der Waals surface area contributed by atoms with Crippen LogP contribution in [0.2, 0.25) is 0 Å². The minimum atomic E-state index is -0.318. The molecule has 0 aliphatic carbocycles. The van der Waals surface area contributed by atoms with Crippen molar-refractivity contribution in [2.24, 2.45) is 0 Å². The van der Waals surface area contributed by atoms with Crippen LogP contribution in [0.25, 0.3) is 0 Å². The smallest absolute Gasteiger partial charge is 0.288 e. The third kappa shape index (κ3) is 2.14. The van der Waals surface area contributed by atoms with E-state index < -0.39 is 0 Å². The van der Waals surface area contributed by atoms with Crippen LogP contribution in [0, 0.1) is 6.92 Å². The van der Waals surface area contributed by atoms with Crippen molar-refractivity contribution in [2.75, 3.05) is 14.2 Å². The number of nitrogens with zero attached hydrogens (tertiary/aromatic N) is 2. The van der Waals surface area contributed by atoms with Crippen molar-refractivity contribution in [3.05, 3.63) is 17.6 Å². The van der Waals surface area contributed by atoms with Gasteiger partial charge in [-0.05, 0) is 6.92 Å². The second-order valence-corrected chi connectivity index (χ2v) is 2.45. The molecule has 0 aliphatic rings. The number of methoxy groups -OCH3 is 1. The van der Waals surface area contributed by atoms with Crippen LogP contribution in [0.15, 0.2) is 6.07 Å². The second-order valence-electron chi connectivity index (χ2n) is 2.45. The van der Waals surface area contributed by atoms with E-state index in [4.69, 9.17) is 4.74 Å². The van der Waals surface area contributed by atoms with Gasteiger partial charge in [-0.2, -0.15) is 4.98 Å². The highest BCUT2D eigenvalue weighted by atomic mass is 16.5. The summed E-state index contributed by atoms with van der Waals surface area (Å²) < 4.78 is 4.90. The molecule has 0 saturated heterocycles. The van der Waals surface area contributed by atoms with E-state index in [1.54, 1.807) is 13.0 Å². The summed E-state index contributed by atoms with van der Waals surface area (Å²) >= 11 is 0. The maximum Gasteiger partial charge on any atom is 0.288 e. The van der Waals surface area contributed by atoms with Crippen LogP contribution < -0.4 is 10.1 Å². The molecule has 1 aromatic heterocycles. The lowest BCUT2D eigenvalue weighted by atomic mass is 10.4. The standard InChI is InChI=1S/C8H11N3O2/c1-5-4-6(13-3)11-7(10-5)8(12)9-2/h4H,1-3H3,(H,9,12). The number of ether oxygens (including phenoxy) is 1. The van der Waals surface area contributed by atoms with Crippen LogP contribution in [-0.2, 0) is 0 Å². The first-order valence-corrected chi connectivity index (χ1v) is 3.79. The lowest BCUT2D eigenvalue weighted by molar-refractivity contribution is 0.0951. The van der Waals surface area contributed by atoms with Crippen molar-refractivity contribution in [1.82, 2.24) is 15.3 Å². The first-order valence-electron chi connectivity index (χ1n) is 3.79. The Balaban J connectivity index is 3.08. The number of amides is 1. The van der Waals surface area contributed by atoms with Crippen LogP contribution >= 0.6 is 0 Å². The molecule has 0 atom stereocenters. The molecule has 0 spiro atoms. The fourth-order valence-corrected chi connectivity index (χ4v) is 0.858. The van der Waals surface area contributed by atoms with Crippen LogP contribution in [0.4, 0.5) is 0 Å². The van der Waals surface area contributed by atoms with Crippen LogP contribution in [0.3, 0.4) is 0 Å². The minimum Gasteiger partial charge on any atom is -0.481 e. The third-order valence-corrected chi connectivity index (χ3v) is 1.47. The summed E-state index contributed by atoms with van der Waals surface area (Å²) in [6, 6.07) is 1.66. The molecular formula is C8H11N3O2. The Kier molecular flexibility index (Phi) is 2.79. The molecule has 0 aliphatic heterocycles. The van der Waals surface area contributed by atoms with E-state index in [1.165, 1.54) is 14.2 Å². The number of nitrogens with one attached hydrogen (secondary N) is 1. The average molecular weight is 181 g/mol. The van der Waals surface area contributed by atoms with Gasteiger partial charge in [0.15, 0.2) is 0 Å². The maximum atomic E-state index is 11.1. The molecule has 1 aromatic rings. The van der Waals surface area contributed by atoms with Crippen molar-refractivity contribution in [1.29, 1.82) is 0 Å². The molecular weight excluding hydrogens is 170 g/mol. The summed E-state index contributed by atoms with van der Waals surface area (Å²) in [6.07, 6.45) is 0. The maximum absolute atomic E-state index is 11.1. The number of hydrogen-bond donors (Lipinski definition) is 1. The Labute approximate surface area is 76.2 Å². The normalized spacial score (nSPS) is 9.46. The Morgan fingerprint density at radius 2 is 2.23 bits per heavy atom. The lowest BCUT2D eigenvalue weighted by Gasteiger charge is -2.02. The zero-order valence-corrected chi connectivity index (χ0v) is 7.79. The zero-order chi connectivity index (χ0) is 9.84. The highest BCUT2D eigenvalue weighted by Crippen LogP contribution is 2.07. The van der Waals surface area contributed by atoms with Gasteiger partial charge in [0, 0.05) is 18.8 Å². The summed E-state index contributed by atoms with van der Waals surface area (Å²) in [5.41, 5.74) is 0.699. The highest BCUT2D eigenvalue weighted by molar-refractivity contribution is 5.90. The average Bonchev–Trinajstić information content (AvgIpc) is 2.15. The van der Waals surface area contributed by atoms with Crippen molar-refractivity contribution in [2.45, 2.75) is 6.92 Å². The summed E-state index contributed by atoms with van der Waals surface area (Å²) in [5, 5.41) is 2.44. The second kappa shape index (κ2) is 3.84. The van der Waals surface area contributed by atoms with Crippen molar-refractivity contribution >= 4 is 5.91 Å². The van der Waals surface area contributed by atoms with Crippen LogP contribution in [0.1, 0.15) is 16.3 Å². The van der Waals surface area contributed by atoms with Gasteiger partial charge in [-0.1, -0.05) is 0 Å². The molecule has 5 nitrogen and oxygen atoms in total. The molecule has 5 heteroatoms. The molecule has 13 heavy (non-hydrogen) atoms. The molecule has 0 radical (unpaired) electrons. The lowest BCUT2D eigenvalue weighted by Crippen LogP contribution is -2.21. The van der Waals surface area contributed by atoms with E-state index in [0.717, 1.165) is 0 Å². The van der Waals surface area contributed by atoms with Crippen molar-refractivity contribution < 1.29 is 9.53 Å². The quantitative estimate of drug-likeness (QED) is 0.705. The molecule has 0 unspecified atom stereocenters. The number of aromatic nitrogens is 2.